The largest absolute Gasteiger partial charge is 0.380 e. The number of nitrogens with one attached hydrogen (secondary N) is 1. The number of rotatable bonds is 6. The predicted molar refractivity (Wildman–Crippen MR) is 88.0 cm³/mol. The molecule has 0 aliphatic heterocycles. The lowest BCUT2D eigenvalue weighted by Gasteiger charge is -2.15. The van der Waals surface area contributed by atoms with Gasteiger partial charge in [-0.05, 0) is 30.9 Å². The average Bonchev–Trinajstić information content (AvgIpc) is 2.46. The van der Waals surface area contributed by atoms with Crippen LogP contribution in [0.15, 0.2) is 36.4 Å². The van der Waals surface area contributed by atoms with Gasteiger partial charge in [-0.1, -0.05) is 30.3 Å². The molecule has 1 N–H and O–H groups in total. The summed E-state index contributed by atoms with van der Waals surface area (Å²) in [6.45, 7) is 3.52. The predicted octanol–water partition coefficient (Wildman–Crippen LogP) is 3.47. The fraction of sp³-hybridized carbons (Fsp3) is 0.333. The van der Waals surface area contributed by atoms with Gasteiger partial charge in [0.15, 0.2) is 0 Å². The fourth-order valence-electron chi connectivity index (χ4n) is 2.60. The number of methoxy groups -OCH3 is 1. The zero-order valence-electron chi connectivity index (χ0n) is 13.2. The van der Waals surface area contributed by atoms with Gasteiger partial charge in [0.25, 0.3) is 0 Å². The fourth-order valence-corrected chi connectivity index (χ4v) is 2.60. The van der Waals surface area contributed by atoms with E-state index < -0.39 is 0 Å². The van der Waals surface area contributed by atoms with Gasteiger partial charge < -0.3 is 10.1 Å². The highest BCUT2D eigenvalue weighted by atomic mass is 16.5. The number of amides is 1. The summed E-state index contributed by atoms with van der Waals surface area (Å²) >= 11 is 0. The van der Waals surface area contributed by atoms with Gasteiger partial charge >= 0.3 is 0 Å². The number of fused-ring (bicyclic) bond motifs is 1. The van der Waals surface area contributed by atoms with Crippen molar-refractivity contribution in [2.24, 2.45) is 0 Å². The first-order chi connectivity index (χ1) is 10.5. The molecular weight excluding hydrogens is 278 g/mol. The normalized spacial score (nSPS) is 12.1. The Morgan fingerprint density at radius 2 is 1.82 bits per heavy atom. The number of anilines is 1. The van der Waals surface area contributed by atoms with Crippen LogP contribution < -0.4 is 5.32 Å². The van der Waals surface area contributed by atoms with E-state index in [1.54, 1.807) is 0 Å². The van der Waals surface area contributed by atoms with Crippen LogP contribution in [0, 0.1) is 6.92 Å². The number of ether oxygens (including phenoxy) is 1. The van der Waals surface area contributed by atoms with Gasteiger partial charge in [-0.2, -0.15) is 0 Å². The standard InChI is InChI=1S/C18H21NO3/c1-12-6-4-7-14-8-5-9-16(18(12)14)19-17(21)11-15(22-3)10-13(2)20/h4-9,15H,10-11H2,1-3H3,(H,19,21). The SMILES string of the molecule is COC(CC(C)=O)CC(=O)Nc1cccc2cccc(C)c12. The van der Waals surface area contributed by atoms with E-state index in [9.17, 15) is 9.59 Å². The van der Waals surface area contributed by atoms with Crippen molar-refractivity contribution in [1.82, 2.24) is 0 Å². The second-order valence-corrected chi connectivity index (χ2v) is 5.49. The average molecular weight is 299 g/mol. The molecule has 1 amide bonds. The molecule has 2 aromatic carbocycles. The Hall–Kier alpha value is -2.20. The quantitative estimate of drug-likeness (QED) is 0.888. The second kappa shape index (κ2) is 7.18. The number of carbonyl (C=O) groups excluding carboxylic acids is 2. The summed E-state index contributed by atoms with van der Waals surface area (Å²) in [6, 6.07) is 11.9. The minimum atomic E-state index is -0.381. The van der Waals surface area contributed by atoms with Crippen LogP contribution in [-0.4, -0.2) is 24.9 Å². The molecular formula is C18H21NO3. The van der Waals surface area contributed by atoms with Crippen LogP contribution in [0.2, 0.25) is 0 Å². The molecule has 2 rings (SSSR count). The molecule has 0 aliphatic carbocycles. The summed E-state index contributed by atoms with van der Waals surface area (Å²) in [6.07, 6.45) is 0.0326. The first-order valence-electron chi connectivity index (χ1n) is 7.31. The molecule has 1 atom stereocenters. The Labute approximate surface area is 130 Å². The van der Waals surface area contributed by atoms with Gasteiger partial charge in [0.2, 0.25) is 5.91 Å². The molecule has 0 saturated carbocycles. The van der Waals surface area contributed by atoms with E-state index in [0.717, 1.165) is 22.0 Å². The molecule has 0 radical (unpaired) electrons. The number of benzene rings is 2. The monoisotopic (exact) mass is 299 g/mol. The Bertz CT molecular complexity index is 689. The molecule has 4 nitrogen and oxygen atoms in total. The molecule has 0 aliphatic rings. The Morgan fingerprint density at radius 1 is 1.14 bits per heavy atom. The number of hydrogen-bond donors (Lipinski definition) is 1. The van der Waals surface area contributed by atoms with Crippen LogP contribution in [-0.2, 0) is 14.3 Å². The number of ketones is 1. The summed E-state index contributed by atoms with van der Waals surface area (Å²) in [5.41, 5.74) is 1.90. The third-order valence-corrected chi connectivity index (χ3v) is 3.65. The van der Waals surface area contributed by atoms with Gasteiger partial charge in [-0.15, -0.1) is 0 Å². The van der Waals surface area contributed by atoms with E-state index in [1.165, 1.54) is 14.0 Å². The lowest BCUT2D eigenvalue weighted by Crippen LogP contribution is -2.23. The van der Waals surface area contributed by atoms with Crippen LogP contribution in [0.25, 0.3) is 10.8 Å². The highest BCUT2D eigenvalue weighted by Crippen LogP contribution is 2.26. The van der Waals surface area contributed by atoms with Crippen molar-refractivity contribution in [1.29, 1.82) is 0 Å². The van der Waals surface area contributed by atoms with Crippen LogP contribution in [0.5, 0.6) is 0 Å². The second-order valence-electron chi connectivity index (χ2n) is 5.49. The Balaban J connectivity index is 2.17. The molecule has 116 valence electrons. The first-order valence-corrected chi connectivity index (χ1v) is 7.31. The number of Topliss-reactive ketones (excluding diaryl/α,β-unsaturated/α-hetero) is 1. The van der Waals surface area contributed by atoms with Gasteiger partial charge in [-0.25, -0.2) is 0 Å². The third-order valence-electron chi connectivity index (χ3n) is 3.65. The van der Waals surface area contributed by atoms with Crippen molar-refractivity contribution in [2.45, 2.75) is 32.8 Å². The summed E-state index contributed by atoms with van der Waals surface area (Å²) < 4.78 is 5.20. The van der Waals surface area contributed by atoms with E-state index in [0.29, 0.717) is 0 Å². The zero-order valence-corrected chi connectivity index (χ0v) is 13.2. The smallest absolute Gasteiger partial charge is 0.227 e. The summed E-state index contributed by atoms with van der Waals surface area (Å²) in [7, 11) is 1.52. The number of carbonyl (C=O) groups is 2. The van der Waals surface area contributed by atoms with Gasteiger partial charge in [0, 0.05) is 24.6 Å². The molecule has 22 heavy (non-hydrogen) atoms. The lowest BCUT2D eigenvalue weighted by molar-refractivity contribution is -0.122. The molecule has 0 aromatic heterocycles. The Kier molecular flexibility index (Phi) is 5.28. The molecule has 2 aromatic rings. The van der Waals surface area contributed by atoms with Crippen molar-refractivity contribution in [3.05, 3.63) is 42.0 Å². The topological polar surface area (TPSA) is 55.4 Å². The first kappa shape index (κ1) is 16.2. The van der Waals surface area contributed by atoms with Crippen molar-refractivity contribution in [3.8, 4) is 0 Å². The van der Waals surface area contributed by atoms with Gasteiger partial charge in [0.05, 0.1) is 12.5 Å². The summed E-state index contributed by atoms with van der Waals surface area (Å²) in [5.74, 6) is -0.135. The van der Waals surface area contributed by atoms with Gasteiger partial charge in [0.1, 0.15) is 5.78 Å². The molecule has 1 unspecified atom stereocenters. The summed E-state index contributed by atoms with van der Waals surface area (Å²) in [4.78, 5) is 23.4. The van der Waals surface area contributed by atoms with E-state index in [2.05, 4.69) is 5.32 Å². The summed E-state index contributed by atoms with van der Waals surface area (Å²) in [5, 5.41) is 5.06. The highest BCUT2D eigenvalue weighted by molar-refractivity contribution is 6.03. The van der Waals surface area contributed by atoms with E-state index in [4.69, 9.17) is 4.74 Å². The molecule has 0 heterocycles. The highest BCUT2D eigenvalue weighted by Gasteiger charge is 2.16. The molecule has 4 heteroatoms. The van der Waals surface area contributed by atoms with Crippen molar-refractivity contribution in [2.75, 3.05) is 12.4 Å². The Morgan fingerprint density at radius 3 is 2.45 bits per heavy atom. The maximum atomic E-state index is 12.2. The van der Waals surface area contributed by atoms with Crippen LogP contribution in [0.3, 0.4) is 0 Å². The van der Waals surface area contributed by atoms with Crippen LogP contribution >= 0.6 is 0 Å². The van der Waals surface area contributed by atoms with E-state index in [-0.39, 0.29) is 30.6 Å². The minimum Gasteiger partial charge on any atom is -0.380 e. The zero-order chi connectivity index (χ0) is 16.1. The van der Waals surface area contributed by atoms with E-state index in [1.807, 2.05) is 43.3 Å². The van der Waals surface area contributed by atoms with Crippen LogP contribution in [0.4, 0.5) is 5.69 Å². The van der Waals surface area contributed by atoms with Crippen molar-refractivity contribution in [3.63, 3.8) is 0 Å². The molecule has 0 bridgehead atoms. The van der Waals surface area contributed by atoms with Gasteiger partial charge in [-0.3, -0.25) is 9.59 Å². The third kappa shape index (κ3) is 3.92. The van der Waals surface area contributed by atoms with Crippen LogP contribution in [0.1, 0.15) is 25.3 Å². The van der Waals surface area contributed by atoms with E-state index >= 15 is 0 Å². The maximum Gasteiger partial charge on any atom is 0.227 e. The van der Waals surface area contributed by atoms with Crippen molar-refractivity contribution < 1.29 is 14.3 Å². The molecule has 0 saturated heterocycles. The minimum absolute atomic E-state index is 0.0145. The lowest BCUT2D eigenvalue weighted by atomic mass is 10.0. The number of hydrogen-bond acceptors (Lipinski definition) is 3. The molecule has 0 fully saturated rings. The maximum absolute atomic E-state index is 12.2. The van der Waals surface area contributed by atoms with Crippen molar-refractivity contribution >= 4 is 28.2 Å². The molecule has 0 spiro atoms. The number of aryl methyl sites for hydroxylation is 1.